The fraction of sp³-hybridized carbons (Fsp3) is 0.0800. The van der Waals surface area contributed by atoms with Crippen LogP contribution < -0.4 is 5.73 Å². The summed E-state index contributed by atoms with van der Waals surface area (Å²) in [6.45, 7) is 3.75. The van der Waals surface area contributed by atoms with Gasteiger partial charge in [0.05, 0.1) is 16.8 Å². The van der Waals surface area contributed by atoms with Gasteiger partial charge in [-0.25, -0.2) is 4.98 Å². The van der Waals surface area contributed by atoms with Gasteiger partial charge < -0.3 is 5.73 Å². The molecule has 4 nitrogen and oxygen atoms in total. The van der Waals surface area contributed by atoms with Crippen molar-refractivity contribution >= 4 is 46.4 Å². The fourth-order valence-corrected chi connectivity index (χ4v) is 4.58. The van der Waals surface area contributed by atoms with Gasteiger partial charge in [-0.1, -0.05) is 35.5 Å². The smallest absolute Gasteiger partial charge is 0.142 e. The highest BCUT2D eigenvalue weighted by atomic mass is 35.5. The number of pyridine rings is 1. The first kappa shape index (κ1) is 20.8. The Kier molecular flexibility index (Phi) is 5.57. The van der Waals surface area contributed by atoms with Gasteiger partial charge in [0.2, 0.25) is 0 Å². The van der Waals surface area contributed by atoms with Gasteiger partial charge in [-0.2, -0.15) is 10.5 Å². The van der Waals surface area contributed by atoms with Gasteiger partial charge in [0.15, 0.2) is 0 Å². The minimum atomic E-state index is 0.157. The van der Waals surface area contributed by atoms with Gasteiger partial charge in [-0.05, 0) is 78.6 Å². The first-order chi connectivity index (χ1) is 14.9. The van der Waals surface area contributed by atoms with Gasteiger partial charge in [0.25, 0.3) is 0 Å². The molecule has 0 amide bonds. The molecule has 1 aliphatic carbocycles. The zero-order chi connectivity index (χ0) is 22.1. The van der Waals surface area contributed by atoms with Crippen LogP contribution in [-0.2, 0) is 0 Å². The predicted molar refractivity (Wildman–Crippen MR) is 126 cm³/mol. The summed E-state index contributed by atoms with van der Waals surface area (Å²) >= 11 is 7.61. The highest BCUT2D eigenvalue weighted by molar-refractivity contribution is 7.99. The number of nitrogens with zero attached hydrogens (tertiary/aromatic N) is 3. The summed E-state index contributed by atoms with van der Waals surface area (Å²) in [6, 6.07) is 20.3. The van der Waals surface area contributed by atoms with Crippen molar-refractivity contribution in [3.63, 3.8) is 0 Å². The standard InChI is InChI=1S/C25H17ClN4S/c1-14-20(23-15(2)22(13-28)25(29)30-24(23)21(14)12-27)11-16-3-7-18(8-4-16)31-19-9-5-17(26)6-10-19/h3-11H,1-2H3,(H2,29,30)/b20-11-. The van der Waals surface area contributed by atoms with E-state index in [0.717, 1.165) is 42.7 Å². The number of hydrogen-bond donors (Lipinski definition) is 1. The number of fused-ring (bicyclic) bond motifs is 1. The Hall–Kier alpha value is -3.51. The summed E-state index contributed by atoms with van der Waals surface area (Å²) in [6.07, 6.45) is 2.03. The van der Waals surface area contributed by atoms with Crippen LogP contribution in [0.5, 0.6) is 0 Å². The number of allylic oxidation sites excluding steroid dienone is 3. The number of hydrogen-bond acceptors (Lipinski definition) is 5. The lowest BCUT2D eigenvalue weighted by atomic mass is 9.95. The van der Waals surface area contributed by atoms with Gasteiger partial charge in [0, 0.05) is 20.4 Å². The molecule has 6 heteroatoms. The summed E-state index contributed by atoms with van der Waals surface area (Å²) in [5, 5.41) is 19.9. The third-order valence-electron chi connectivity index (χ3n) is 5.22. The van der Waals surface area contributed by atoms with E-state index in [0.29, 0.717) is 16.8 Å². The van der Waals surface area contributed by atoms with E-state index in [2.05, 4.69) is 29.3 Å². The first-order valence-electron chi connectivity index (χ1n) is 9.50. The summed E-state index contributed by atoms with van der Waals surface area (Å²) in [5.74, 6) is 0.157. The molecule has 31 heavy (non-hydrogen) atoms. The molecule has 1 aromatic heterocycles. The Morgan fingerprint density at radius 2 is 1.58 bits per heavy atom. The number of benzene rings is 2. The van der Waals surface area contributed by atoms with Gasteiger partial charge in [-0.3, -0.25) is 0 Å². The van der Waals surface area contributed by atoms with E-state index < -0.39 is 0 Å². The van der Waals surface area contributed by atoms with Crippen LogP contribution in [-0.4, -0.2) is 4.98 Å². The lowest BCUT2D eigenvalue weighted by Gasteiger charge is -2.11. The number of nitrogen functional groups attached to an aromatic ring is 1. The van der Waals surface area contributed by atoms with Crippen molar-refractivity contribution in [1.29, 1.82) is 10.5 Å². The van der Waals surface area contributed by atoms with E-state index in [-0.39, 0.29) is 5.82 Å². The molecule has 150 valence electrons. The third-order valence-corrected chi connectivity index (χ3v) is 6.49. The number of aromatic nitrogens is 1. The molecular formula is C25H17ClN4S. The molecule has 0 spiro atoms. The van der Waals surface area contributed by atoms with Crippen molar-refractivity contribution in [2.24, 2.45) is 0 Å². The van der Waals surface area contributed by atoms with Crippen LogP contribution in [0.1, 0.15) is 34.9 Å². The largest absolute Gasteiger partial charge is 0.383 e. The van der Waals surface area contributed by atoms with Crippen molar-refractivity contribution in [3.05, 3.63) is 87.1 Å². The lowest BCUT2D eigenvalue weighted by molar-refractivity contribution is 1.22. The molecule has 3 aromatic rings. The van der Waals surface area contributed by atoms with Crippen molar-refractivity contribution in [1.82, 2.24) is 4.98 Å². The van der Waals surface area contributed by atoms with Gasteiger partial charge in [-0.15, -0.1) is 0 Å². The molecule has 0 aliphatic heterocycles. The van der Waals surface area contributed by atoms with Crippen molar-refractivity contribution in [2.75, 3.05) is 5.73 Å². The quantitative estimate of drug-likeness (QED) is 0.502. The molecule has 0 bridgehead atoms. The van der Waals surface area contributed by atoms with Crippen LogP contribution in [0.2, 0.25) is 5.02 Å². The number of rotatable bonds is 3. The molecule has 1 heterocycles. The van der Waals surface area contributed by atoms with Crippen molar-refractivity contribution in [3.8, 4) is 12.1 Å². The summed E-state index contributed by atoms with van der Waals surface area (Å²) in [5.41, 5.74) is 11.6. The Bertz CT molecular complexity index is 1340. The zero-order valence-electron chi connectivity index (χ0n) is 16.9. The molecule has 0 atom stereocenters. The maximum Gasteiger partial charge on any atom is 0.142 e. The number of halogens is 1. The lowest BCUT2D eigenvalue weighted by Crippen LogP contribution is -2.03. The molecule has 4 rings (SSSR count). The molecule has 2 aromatic carbocycles. The van der Waals surface area contributed by atoms with E-state index >= 15 is 0 Å². The maximum absolute atomic E-state index is 9.68. The van der Waals surface area contributed by atoms with Crippen LogP contribution in [0, 0.1) is 29.6 Å². The van der Waals surface area contributed by atoms with E-state index in [9.17, 15) is 10.5 Å². The first-order valence-corrected chi connectivity index (χ1v) is 10.7. The number of nitrogens with two attached hydrogens (primary N) is 1. The highest BCUT2D eigenvalue weighted by Crippen LogP contribution is 2.44. The molecule has 0 saturated carbocycles. The summed E-state index contributed by atoms with van der Waals surface area (Å²) in [4.78, 5) is 6.59. The molecule has 1 aliphatic rings. The molecule has 0 unspecified atom stereocenters. The van der Waals surface area contributed by atoms with Crippen molar-refractivity contribution in [2.45, 2.75) is 23.6 Å². The van der Waals surface area contributed by atoms with Crippen molar-refractivity contribution < 1.29 is 0 Å². The van der Waals surface area contributed by atoms with E-state index in [4.69, 9.17) is 17.3 Å². The van der Waals surface area contributed by atoms with E-state index in [1.165, 1.54) is 0 Å². The molecule has 0 radical (unpaired) electrons. The maximum atomic E-state index is 9.68. The summed E-state index contributed by atoms with van der Waals surface area (Å²) in [7, 11) is 0. The Morgan fingerprint density at radius 3 is 2.16 bits per heavy atom. The topological polar surface area (TPSA) is 86.5 Å². The predicted octanol–water partition coefficient (Wildman–Crippen LogP) is 6.50. The van der Waals surface area contributed by atoms with Gasteiger partial charge in [0.1, 0.15) is 18.0 Å². The average Bonchev–Trinajstić information content (AvgIpc) is 3.02. The summed E-state index contributed by atoms with van der Waals surface area (Å²) < 4.78 is 0. The van der Waals surface area contributed by atoms with E-state index in [1.54, 1.807) is 11.8 Å². The van der Waals surface area contributed by atoms with Crippen LogP contribution in [0.25, 0.3) is 17.2 Å². The zero-order valence-corrected chi connectivity index (χ0v) is 18.5. The highest BCUT2D eigenvalue weighted by Gasteiger charge is 2.29. The number of nitriles is 2. The Labute approximate surface area is 190 Å². The Balaban J connectivity index is 1.72. The Morgan fingerprint density at radius 1 is 0.968 bits per heavy atom. The minimum absolute atomic E-state index is 0.157. The SMILES string of the molecule is CC1=C(C#N)c2nc(N)c(C#N)c(C)c2/C1=C\c1ccc(Sc2ccc(Cl)cc2)cc1. The molecule has 2 N–H and O–H groups in total. The molecule has 0 saturated heterocycles. The second kappa shape index (κ2) is 8.32. The fourth-order valence-electron chi connectivity index (χ4n) is 3.63. The molecular weight excluding hydrogens is 424 g/mol. The molecule has 0 fully saturated rings. The van der Waals surface area contributed by atoms with Crippen LogP contribution in [0.15, 0.2) is 63.9 Å². The van der Waals surface area contributed by atoms with Crippen LogP contribution in [0.4, 0.5) is 5.82 Å². The number of anilines is 1. The second-order valence-electron chi connectivity index (χ2n) is 7.13. The van der Waals surface area contributed by atoms with Crippen LogP contribution >= 0.6 is 23.4 Å². The third kappa shape index (κ3) is 3.82. The van der Waals surface area contributed by atoms with Gasteiger partial charge >= 0.3 is 0 Å². The van der Waals surface area contributed by atoms with E-state index in [1.807, 2.05) is 56.3 Å². The monoisotopic (exact) mass is 440 g/mol. The second-order valence-corrected chi connectivity index (χ2v) is 8.71. The minimum Gasteiger partial charge on any atom is -0.383 e. The average molecular weight is 441 g/mol. The van der Waals surface area contributed by atoms with Crippen LogP contribution in [0.3, 0.4) is 0 Å². The normalized spacial score (nSPS) is 13.8.